The minimum Gasteiger partial charge on any atom is -0.460 e. The van der Waals surface area contributed by atoms with Gasteiger partial charge < -0.3 is 34.6 Å². The number of rotatable bonds is 21. The van der Waals surface area contributed by atoms with E-state index in [1.807, 2.05) is 69.2 Å². The van der Waals surface area contributed by atoms with E-state index in [0.717, 1.165) is 19.3 Å². The summed E-state index contributed by atoms with van der Waals surface area (Å²) in [6, 6.07) is 0. The van der Waals surface area contributed by atoms with Crippen molar-refractivity contribution in [3.8, 4) is 0 Å². The van der Waals surface area contributed by atoms with Crippen LogP contribution in [-0.4, -0.2) is 83.1 Å². The van der Waals surface area contributed by atoms with Crippen LogP contribution in [0.15, 0.2) is 0 Å². The molecule has 0 aromatic rings. The van der Waals surface area contributed by atoms with Crippen LogP contribution in [0.25, 0.3) is 0 Å². The number of esters is 3. The van der Waals surface area contributed by atoms with Gasteiger partial charge in [0.1, 0.15) is 18.3 Å². The Bertz CT molecular complexity index is 790. The van der Waals surface area contributed by atoms with Crippen molar-refractivity contribution in [1.82, 2.24) is 0 Å². The fourth-order valence-electron chi connectivity index (χ4n) is 5.08. The van der Waals surface area contributed by atoms with Gasteiger partial charge in [-0.15, -0.1) is 0 Å². The van der Waals surface area contributed by atoms with Crippen molar-refractivity contribution in [3.05, 3.63) is 0 Å². The summed E-state index contributed by atoms with van der Waals surface area (Å²) in [5, 5.41) is 35.6. The van der Waals surface area contributed by atoms with Crippen LogP contribution in [0.3, 0.4) is 0 Å². The van der Waals surface area contributed by atoms with E-state index < -0.39 is 6.10 Å². The van der Waals surface area contributed by atoms with Gasteiger partial charge in [0.15, 0.2) is 0 Å². The third-order valence-electron chi connectivity index (χ3n) is 8.28. The molecule has 0 radical (unpaired) electrons. The van der Waals surface area contributed by atoms with Crippen molar-refractivity contribution in [2.24, 2.45) is 53.3 Å². The van der Waals surface area contributed by atoms with E-state index in [0.29, 0.717) is 24.7 Å². The van der Waals surface area contributed by atoms with E-state index in [1.54, 1.807) is 0 Å². The average molecular weight is 709 g/mol. The maximum absolute atomic E-state index is 12.0. The van der Waals surface area contributed by atoms with Gasteiger partial charge in [-0.2, -0.15) is 0 Å². The minimum absolute atomic E-state index is 0. The molecule has 0 aliphatic heterocycles. The van der Waals surface area contributed by atoms with Crippen LogP contribution >= 0.6 is 0 Å². The Morgan fingerprint density at radius 1 is 0.469 bits per heavy atom. The van der Waals surface area contributed by atoms with Crippen LogP contribution in [-0.2, 0) is 28.6 Å². The quantitative estimate of drug-likeness (QED) is 0.0717. The van der Waals surface area contributed by atoms with Crippen LogP contribution in [0.1, 0.15) is 136 Å². The monoisotopic (exact) mass is 709 g/mol. The third-order valence-corrected chi connectivity index (χ3v) is 8.28. The predicted octanol–water partition coefficient (Wildman–Crippen LogP) is 7.07. The first-order valence-electron chi connectivity index (χ1n) is 18.3. The van der Waals surface area contributed by atoms with Gasteiger partial charge in [0.05, 0.1) is 44.2 Å². The van der Waals surface area contributed by atoms with Gasteiger partial charge >= 0.3 is 17.9 Å². The molecule has 0 aromatic carbocycles. The summed E-state index contributed by atoms with van der Waals surface area (Å²) in [5.41, 5.74) is 0. The molecule has 0 aliphatic rings. The molecule has 0 bridgehead atoms. The molecule has 4 unspecified atom stereocenters. The van der Waals surface area contributed by atoms with Gasteiger partial charge in [0.25, 0.3) is 0 Å². The summed E-state index contributed by atoms with van der Waals surface area (Å²) in [6.07, 6.45) is 2.59. The van der Waals surface area contributed by atoms with Crippen molar-refractivity contribution in [2.75, 3.05) is 26.4 Å². The van der Waals surface area contributed by atoms with Crippen LogP contribution in [0.2, 0.25) is 0 Å². The molecule has 10 heteroatoms. The van der Waals surface area contributed by atoms with Crippen LogP contribution in [0, 0.1) is 53.3 Å². The zero-order valence-electron chi connectivity index (χ0n) is 33.0. The number of aliphatic hydroxyl groups excluding tert-OH is 4. The Morgan fingerprint density at radius 2 is 0.816 bits per heavy atom. The van der Waals surface area contributed by atoms with Crippen molar-refractivity contribution in [1.29, 1.82) is 0 Å². The maximum Gasteiger partial charge on any atom is 0.309 e. The summed E-state index contributed by atoms with van der Waals surface area (Å²) >= 11 is 0. The minimum atomic E-state index is -0.794. The second-order valence-electron chi connectivity index (χ2n) is 15.0. The number of aliphatic hydroxyl groups is 4. The summed E-state index contributed by atoms with van der Waals surface area (Å²) in [5.74, 6) is 1.09. The zero-order chi connectivity index (χ0) is 38.1. The fraction of sp³-hybridized carbons (Fsp3) is 0.923. The molecule has 0 heterocycles. The van der Waals surface area contributed by atoms with E-state index in [-0.39, 0.29) is 105 Å². The topological polar surface area (TPSA) is 160 Å². The first-order chi connectivity index (χ1) is 22.3. The molecule has 0 aromatic heterocycles. The van der Waals surface area contributed by atoms with Gasteiger partial charge in [-0.3, -0.25) is 14.4 Å². The van der Waals surface area contributed by atoms with Crippen LogP contribution in [0.4, 0.5) is 0 Å². The molecule has 10 nitrogen and oxygen atoms in total. The van der Waals surface area contributed by atoms with E-state index in [4.69, 9.17) is 34.6 Å². The normalized spacial score (nSPS) is 13.8. The lowest BCUT2D eigenvalue weighted by Gasteiger charge is -2.24. The highest BCUT2D eigenvalue weighted by molar-refractivity contribution is 5.73. The number of carbonyl (C=O) groups excluding carboxylic acids is 3. The third kappa shape index (κ3) is 25.8. The highest BCUT2D eigenvalue weighted by Crippen LogP contribution is 2.24. The van der Waals surface area contributed by atoms with E-state index >= 15 is 0 Å². The second kappa shape index (κ2) is 31.0. The standard InChI is InChI=1S/C14H28O3.C13H26O3.C11H22O4.CH4/c1-6-12(9-15)17-14(16)13(11(4)5)8-7-10(2)3;1-6-11(8-14)16-13(15)12(10(4)5)7-9(2)3;1-7(2)10(8(3)4)11(14)15-9(5-12)6-13;/h10-13,15H,6-9H2,1-5H3;9-12,14H,6-8H2,1-5H3;7-10,12-13H,5-6H2,1-4H3;1H4. The Balaban J connectivity index is -0.000000307. The molecular weight excluding hydrogens is 628 g/mol. The summed E-state index contributed by atoms with van der Waals surface area (Å²) in [7, 11) is 0. The molecule has 0 rings (SSSR count). The van der Waals surface area contributed by atoms with Crippen molar-refractivity contribution < 1.29 is 49.0 Å². The number of hydrogen-bond donors (Lipinski definition) is 4. The van der Waals surface area contributed by atoms with Crippen LogP contribution in [0.5, 0.6) is 0 Å². The number of ether oxygens (including phenoxy) is 3. The summed E-state index contributed by atoms with van der Waals surface area (Å²) in [6.45, 7) is 27.5. The van der Waals surface area contributed by atoms with E-state index in [2.05, 4.69) is 27.7 Å². The molecule has 0 fully saturated rings. The Hall–Kier alpha value is -1.75. The van der Waals surface area contributed by atoms with Gasteiger partial charge in [-0.25, -0.2) is 0 Å². The molecule has 0 spiro atoms. The smallest absolute Gasteiger partial charge is 0.309 e. The number of carbonyl (C=O) groups is 3. The lowest BCUT2D eigenvalue weighted by atomic mass is 9.86. The van der Waals surface area contributed by atoms with E-state index in [1.165, 1.54) is 0 Å². The largest absolute Gasteiger partial charge is 0.460 e. The maximum atomic E-state index is 12.0. The van der Waals surface area contributed by atoms with Gasteiger partial charge in [0.2, 0.25) is 0 Å². The molecule has 4 atom stereocenters. The van der Waals surface area contributed by atoms with Gasteiger partial charge in [-0.05, 0) is 61.2 Å². The molecule has 0 amide bonds. The van der Waals surface area contributed by atoms with E-state index in [9.17, 15) is 14.4 Å². The molecule has 0 saturated heterocycles. The van der Waals surface area contributed by atoms with Gasteiger partial charge in [0, 0.05) is 0 Å². The first-order valence-corrected chi connectivity index (χ1v) is 18.3. The molecule has 49 heavy (non-hydrogen) atoms. The molecule has 0 saturated carbocycles. The molecule has 4 N–H and O–H groups in total. The average Bonchev–Trinajstić information content (AvgIpc) is 2.99. The van der Waals surface area contributed by atoms with Gasteiger partial charge in [-0.1, -0.05) is 111 Å². The second-order valence-corrected chi connectivity index (χ2v) is 15.0. The lowest BCUT2D eigenvalue weighted by Crippen LogP contribution is -2.33. The first kappa shape index (κ1) is 54.0. The SMILES string of the molecule is C.CC(C)C(C(=O)OC(CO)CO)C(C)C.CCC(CO)OC(=O)C(CC(C)C)C(C)C.CCC(CO)OC(=O)C(CCC(C)C)C(C)C. The summed E-state index contributed by atoms with van der Waals surface area (Å²) in [4.78, 5) is 35.6. The highest BCUT2D eigenvalue weighted by atomic mass is 16.6. The Kier molecular flexibility index (Phi) is 34.2. The summed E-state index contributed by atoms with van der Waals surface area (Å²) < 4.78 is 15.6. The van der Waals surface area contributed by atoms with Crippen LogP contribution < -0.4 is 0 Å². The Morgan fingerprint density at radius 3 is 1.08 bits per heavy atom. The Labute approximate surface area is 301 Å². The predicted molar refractivity (Wildman–Crippen MR) is 199 cm³/mol. The van der Waals surface area contributed by atoms with Crippen molar-refractivity contribution in [3.63, 3.8) is 0 Å². The number of hydrogen-bond acceptors (Lipinski definition) is 10. The lowest BCUT2D eigenvalue weighted by molar-refractivity contribution is -0.162. The molecule has 0 aliphatic carbocycles. The molecular formula is C39H80O10. The fourth-order valence-corrected chi connectivity index (χ4v) is 5.08. The zero-order valence-corrected chi connectivity index (χ0v) is 33.0. The highest BCUT2D eigenvalue weighted by Gasteiger charge is 2.29. The van der Waals surface area contributed by atoms with Crippen molar-refractivity contribution in [2.45, 2.75) is 155 Å². The van der Waals surface area contributed by atoms with Crippen molar-refractivity contribution >= 4 is 17.9 Å². The molecule has 296 valence electrons.